The van der Waals surface area contributed by atoms with E-state index in [0.29, 0.717) is 39.5 Å². The number of methoxy groups -OCH3 is 4. The van der Waals surface area contributed by atoms with E-state index in [0.717, 1.165) is 5.56 Å². The number of fused-ring (bicyclic) bond motifs is 1. The lowest BCUT2D eigenvalue weighted by Crippen LogP contribution is -2.49. The molecule has 1 unspecified atom stereocenters. The summed E-state index contributed by atoms with van der Waals surface area (Å²) < 4.78 is 27.5. The first-order valence-corrected chi connectivity index (χ1v) is 13.0. The molecule has 0 aliphatic carbocycles. The molecule has 1 amide bonds. The summed E-state index contributed by atoms with van der Waals surface area (Å²) in [6.07, 6.45) is 3.26. The minimum atomic E-state index is -1.60. The van der Waals surface area contributed by atoms with Crippen LogP contribution >= 0.6 is 0 Å². The molecule has 0 bridgehead atoms. The van der Waals surface area contributed by atoms with Crippen LogP contribution in [0.5, 0.6) is 23.0 Å². The van der Waals surface area contributed by atoms with Gasteiger partial charge in [-0.2, -0.15) is 5.26 Å². The number of amides is 1. The lowest BCUT2D eigenvalue weighted by Gasteiger charge is -2.41. The lowest BCUT2D eigenvalue weighted by molar-refractivity contribution is 0.0520. The first-order chi connectivity index (χ1) is 19.8. The van der Waals surface area contributed by atoms with Crippen molar-refractivity contribution in [3.63, 3.8) is 0 Å². The molecule has 1 aliphatic heterocycles. The Morgan fingerprint density at radius 3 is 2.15 bits per heavy atom. The maximum absolute atomic E-state index is 14.0. The monoisotopic (exact) mass is 556 g/mol. The molecule has 212 valence electrons. The minimum absolute atomic E-state index is 0.0809. The van der Waals surface area contributed by atoms with Gasteiger partial charge in [0.05, 0.1) is 41.1 Å². The fourth-order valence-electron chi connectivity index (χ4n) is 5.03. The van der Waals surface area contributed by atoms with Gasteiger partial charge in [0.2, 0.25) is 0 Å². The van der Waals surface area contributed by atoms with E-state index in [1.54, 1.807) is 55.6 Å². The molecular weight excluding hydrogens is 524 g/mol. The topological polar surface area (TPSA) is 107 Å². The third-order valence-corrected chi connectivity index (χ3v) is 7.08. The molecule has 1 atom stereocenters. The highest BCUT2D eigenvalue weighted by molar-refractivity contribution is 5.98. The number of hydrogen-bond acceptors (Lipinski definition) is 8. The van der Waals surface area contributed by atoms with Gasteiger partial charge in [0.1, 0.15) is 5.56 Å². The summed E-state index contributed by atoms with van der Waals surface area (Å²) >= 11 is 0. The van der Waals surface area contributed by atoms with E-state index in [2.05, 4.69) is 6.07 Å². The smallest absolute Gasteiger partial charge is 0.342 e. The molecule has 0 spiro atoms. The molecule has 0 saturated heterocycles. The van der Waals surface area contributed by atoms with Gasteiger partial charge in [0.15, 0.2) is 28.5 Å². The first-order valence-electron chi connectivity index (χ1n) is 13.0. The SMILES string of the molecule is CCOC(=O)c1c(CC2(C#N)c3cc(OC)c(OC)cc3C=CN2C(=O)c2ccc(C)cc2)ccc(OC)c1OC. The predicted octanol–water partition coefficient (Wildman–Crippen LogP) is 5.29. The van der Waals surface area contributed by atoms with E-state index >= 15 is 0 Å². The Labute approximate surface area is 239 Å². The number of benzene rings is 3. The van der Waals surface area contributed by atoms with Crippen molar-refractivity contribution in [2.75, 3.05) is 35.0 Å². The quantitative estimate of drug-likeness (QED) is 0.327. The molecule has 1 heterocycles. The third kappa shape index (κ3) is 5.16. The van der Waals surface area contributed by atoms with Gasteiger partial charge in [0, 0.05) is 23.7 Å². The van der Waals surface area contributed by atoms with Crippen LogP contribution in [-0.2, 0) is 16.7 Å². The molecule has 41 heavy (non-hydrogen) atoms. The molecule has 0 saturated carbocycles. The van der Waals surface area contributed by atoms with E-state index < -0.39 is 11.5 Å². The van der Waals surface area contributed by atoms with E-state index in [1.165, 1.54) is 33.3 Å². The Bertz CT molecular complexity index is 1540. The zero-order valence-corrected chi connectivity index (χ0v) is 23.9. The average Bonchev–Trinajstić information content (AvgIpc) is 3.00. The summed E-state index contributed by atoms with van der Waals surface area (Å²) in [5, 5.41) is 11.0. The van der Waals surface area contributed by atoms with Crippen molar-refractivity contribution in [1.82, 2.24) is 4.90 Å². The highest BCUT2D eigenvalue weighted by Gasteiger charge is 2.46. The molecule has 9 nitrogen and oxygen atoms in total. The molecular formula is C32H32N2O7. The molecule has 0 radical (unpaired) electrons. The van der Waals surface area contributed by atoms with Crippen molar-refractivity contribution in [3.05, 3.63) is 88.1 Å². The molecule has 0 fully saturated rings. The molecule has 0 aromatic heterocycles. The Hall–Kier alpha value is -4.97. The van der Waals surface area contributed by atoms with Gasteiger partial charge < -0.3 is 23.7 Å². The Balaban J connectivity index is 2.00. The molecule has 0 N–H and O–H groups in total. The van der Waals surface area contributed by atoms with Crippen LogP contribution < -0.4 is 18.9 Å². The highest BCUT2D eigenvalue weighted by Crippen LogP contribution is 2.46. The van der Waals surface area contributed by atoms with Gasteiger partial charge in [-0.1, -0.05) is 23.8 Å². The summed E-state index contributed by atoms with van der Waals surface area (Å²) in [5.41, 5.74) is 1.51. The number of hydrogen-bond donors (Lipinski definition) is 0. The van der Waals surface area contributed by atoms with Crippen LogP contribution in [0.2, 0.25) is 0 Å². The zero-order valence-electron chi connectivity index (χ0n) is 23.9. The largest absolute Gasteiger partial charge is 0.493 e. The summed E-state index contributed by atoms with van der Waals surface area (Å²) in [5.74, 6) is 0.337. The molecule has 9 heteroatoms. The molecule has 1 aliphatic rings. The second kappa shape index (κ2) is 12.0. The number of nitrogens with zero attached hydrogens (tertiary/aromatic N) is 2. The van der Waals surface area contributed by atoms with Gasteiger partial charge in [-0.3, -0.25) is 9.69 Å². The Morgan fingerprint density at radius 2 is 1.56 bits per heavy atom. The van der Waals surface area contributed by atoms with Gasteiger partial charge in [-0.05, 0) is 61.4 Å². The number of nitriles is 1. The van der Waals surface area contributed by atoms with Gasteiger partial charge in [0.25, 0.3) is 5.91 Å². The normalized spacial score (nSPS) is 15.4. The first kappa shape index (κ1) is 29.0. The number of carbonyl (C=O) groups excluding carboxylic acids is 2. The second-order valence-electron chi connectivity index (χ2n) is 9.36. The van der Waals surface area contributed by atoms with E-state index in [9.17, 15) is 14.9 Å². The Kier molecular flexibility index (Phi) is 8.53. The third-order valence-electron chi connectivity index (χ3n) is 7.08. The van der Waals surface area contributed by atoms with Gasteiger partial charge in [-0.25, -0.2) is 4.79 Å². The van der Waals surface area contributed by atoms with Crippen molar-refractivity contribution >= 4 is 18.0 Å². The maximum atomic E-state index is 14.0. The second-order valence-corrected chi connectivity index (χ2v) is 9.36. The maximum Gasteiger partial charge on any atom is 0.342 e. The zero-order chi connectivity index (χ0) is 29.7. The standard InChI is InChI=1S/C32H32N2O7/c1-7-41-31(36)28-23(12-13-25(37-3)29(28)40-6)18-32(19-33)24-17-27(39-5)26(38-4)16-22(24)14-15-34(32)30(35)21-10-8-20(2)9-11-21/h8-17H,7,18H2,1-6H3. The van der Waals surface area contributed by atoms with Crippen LogP contribution in [0.15, 0.2) is 54.7 Å². The van der Waals surface area contributed by atoms with Gasteiger partial charge >= 0.3 is 5.97 Å². The van der Waals surface area contributed by atoms with Crippen LogP contribution in [-0.4, -0.2) is 51.8 Å². The van der Waals surface area contributed by atoms with Crippen molar-refractivity contribution in [2.24, 2.45) is 0 Å². The predicted molar refractivity (Wildman–Crippen MR) is 152 cm³/mol. The summed E-state index contributed by atoms with van der Waals surface area (Å²) in [4.78, 5) is 28.7. The molecule has 4 rings (SSSR count). The fourth-order valence-corrected chi connectivity index (χ4v) is 5.03. The minimum Gasteiger partial charge on any atom is -0.493 e. The average molecular weight is 557 g/mol. The van der Waals surface area contributed by atoms with E-state index in [1.807, 2.05) is 19.1 Å². The summed E-state index contributed by atoms with van der Waals surface area (Å²) in [7, 11) is 5.91. The number of rotatable bonds is 9. The van der Waals surface area contributed by atoms with E-state index in [4.69, 9.17) is 23.7 Å². The van der Waals surface area contributed by atoms with Crippen LogP contribution in [0.3, 0.4) is 0 Å². The van der Waals surface area contributed by atoms with Crippen molar-refractivity contribution in [2.45, 2.75) is 25.8 Å². The van der Waals surface area contributed by atoms with E-state index in [-0.39, 0.29) is 30.2 Å². The van der Waals surface area contributed by atoms with Crippen molar-refractivity contribution in [3.8, 4) is 29.1 Å². The van der Waals surface area contributed by atoms with Crippen LogP contribution in [0.25, 0.3) is 6.08 Å². The number of ether oxygens (including phenoxy) is 5. The molecule has 3 aromatic carbocycles. The van der Waals surface area contributed by atoms with Crippen LogP contribution in [0.1, 0.15) is 49.9 Å². The number of esters is 1. The van der Waals surface area contributed by atoms with Crippen molar-refractivity contribution < 1.29 is 33.3 Å². The van der Waals surface area contributed by atoms with Crippen molar-refractivity contribution in [1.29, 1.82) is 5.26 Å². The van der Waals surface area contributed by atoms with Crippen LogP contribution in [0, 0.1) is 18.3 Å². The van der Waals surface area contributed by atoms with Crippen LogP contribution in [0.4, 0.5) is 0 Å². The number of aryl methyl sites for hydroxylation is 1. The van der Waals surface area contributed by atoms with Gasteiger partial charge in [-0.15, -0.1) is 0 Å². The highest BCUT2D eigenvalue weighted by atomic mass is 16.5. The number of carbonyl (C=O) groups is 2. The summed E-state index contributed by atoms with van der Waals surface area (Å²) in [6, 6.07) is 16.3. The summed E-state index contributed by atoms with van der Waals surface area (Å²) in [6.45, 7) is 3.76. The lowest BCUT2D eigenvalue weighted by atomic mass is 9.77. The molecule has 3 aromatic rings. The fraction of sp³-hybridized carbons (Fsp3) is 0.281. The Morgan fingerprint density at radius 1 is 0.902 bits per heavy atom.